The van der Waals surface area contributed by atoms with Gasteiger partial charge in [-0.2, -0.15) is 5.11 Å². The van der Waals surface area contributed by atoms with Crippen LogP contribution in [0, 0.1) is 5.53 Å². The minimum absolute atomic E-state index is 0.0804. The van der Waals surface area contributed by atoms with E-state index in [9.17, 15) is 0 Å². The number of nitrogens with zero attached hydrogens (tertiary/aromatic N) is 1. The minimum Gasteiger partial charge on any atom is -0.508 e. The largest absolute Gasteiger partial charge is 0.508 e. The predicted octanol–water partition coefficient (Wildman–Crippen LogP) is 2.06. The van der Waals surface area contributed by atoms with Crippen molar-refractivity contribution >= 4 is 5.69 Å². The third kappa shape index (κ3) is 1.46. The molecule has 0 heterocycles. The first-order valence-corrected chi connectivity index (χ1v) is 3.02. The molecule has 2 N–H and O–H groups in total. The summed E-state index contributed by atoms with van der Waals surface area (Å²) in [6.45, 7) is 0. The number of rotatable bonds is 2. The Hall–Kier alpha value is -1.58. The van der Waals surface area contributed by atoms with Crippen LogP contribution in [0.4, 0.5) is 5.69 Å². The zero-order valence-corrected chi connectivity index (χ0v) is 6.03. The summed E-state index contributed by atoms with van der Waals surface area (Å²) in [6, 6.07) is 4.40. The van der Waals surface area contributed by atoms with Gasteiger partial charge in [0.15, 0.2) is 0 Å². The van der Waals surface area contributed by atoms with Crippen molar-refractivity contribution in [3.63, 3.8) is 0 Å². The summed E-state index contributed by atoms with van der Waals surface area (Å²) in [5.41, 5.74) is 7.04. The van der Waals surface area contributed by atoms with Crippen LogP contribution in [0.5, 0.6) is 11.5 Å². The lowest BCUT2D eigenvalue weighted by Gasteiger charge is -2.01. The van der Waals surface area contributed by atoms with E-state index in [0.29, 0.717) is 11.4 Å². The average molecular weight is 152 g/mol. The Morgan fingerprint density at radius 2 is 2.27 bits per heavy atom. The minimum atomic E-state index is 0.0804. The number of hydrogen-bond acceptors (Lipinski definition) is 4. The lowest BCUT2D eigenvalue weighted by atomic mass is 10.3. The van der Waals surface area contributed by atoms with Gasteiger partial charge in [-0.05, 0) is 12.1 Å². The van der Waals surface area contributed by atoms with E-state index in [1.54, 1.807) is 6.07 Å². The number of phenols is 1. The molecule has 1 aromatic rings. The maximum absolute atomic E-state index is 8.97. The number of phenolic OH excluding ortho intramolecular Hbond substituents is 1. The maximum atomic E-state index is 8.97. The average Bonchev–Trinajstić information content (AvgIpc) is 2.04. The van der Waals surface area contributed by atoms with Crippen LogP contribution in [0.2, 0.25) is 0 Å². The van der Waals surface area contributed by atoms with Crippen LogP contribution in [0.3, 0.4) is 0 Å². The number of benzene rings is 1. The van der Waals surface area contributed by atoms with Gasteiger partial charge in [0.05, 0.1) is 7.11 Å². The van der Waals surface area contributed by atoms with Crippen molar-refractivity contribution in [3.05, 3.63) is 18.2 Å². The van der Waals surface area contributed by atoms with Crippen molar-refractivity contribution in [1.29, 1.82) is 5.53 Å². The molecule has 0 aromatic heterocycles. The van der Waals surface area contributed by atoms with E-state index in [-0.39, 0.29) is 5.75 Å². The van der Waals surface area contributed by atoms with Gasteiger partial charge in [0, 0.05) is 6.07 Å². The highest BCUT2D eigenvalue weighted by Crippen LogP contribution is 2.30. The Morgan fingerprint density at radius 3 is 2.82 bits per heavy atom. The summed E-state index contributed by atoms with van der Waals surface area (Å²) in [6.07, 6.45) is 0. The van der Waals surface area contributed by atoms with Crippen molar-refractivity contribution < 1.29 is 9.84 Å². The normalized spacial score (nSPS) is 9.18. The lowest BCUT2D eigenvalue weighted by Crippen LogP contribution is -1.81. The van der Waals surface area contributed by atoms with Crippen molar-refractivity contribution in [2.45, 2.75) is 0 Å². The smallest absolute Gasteiger partial charge is 0.146 e. The molecule has 0 aliphatic carbocycles. The molecule has 0 fully saturated rings. The predicted molar refractivity (Wildman–Crippen MR) is 39.5 cm³/mol. The van der Waals surface area contributed by atoms with Crippen molar-refractivity contribution in [2.75, 3.05) is 7.11 Å². The Labute approximate surface area is 63.9 Å². The fraction of sp³-hybridized carbons (Fsp3) is 0.143. The molecule has 0 amide bonds. The van der Waals surface area contributed by atoms with Crippen molar-refractivity contribution in [2.24, 2.45) is 5.11 Å². The molecule has 0 aliphatic rings. The second-order valence-corrected chi connectivity index (χ2v) is 1.97. The topological polar surface area (TPSA) is 65.7 Å². The van der Waals surface area contributed by atoms with Crippen LogP contribution in [0.25, 0.3) is 0 Å². The Kier molecular flexibility index (Phi) is 2.06. The standard InChI is InChI=1S/C7H8N2O2/c1-11-7-3-2-5(10)4-6(7)9-8/h2-4,8,10H,1H3. The van der Waals surface area contributed by atoms with Gasteiger partial charge in [0.1, 0.15) is 17.2 Å². The van der Waals surface area contributed by atoms with Gasteiger partial charge < -0.3 is 9.84 Å². The number of hydrogen-bond donors (Lipinski definition) is 2. The molecular formula is C7H8N2O2. The van der Waals surface area contributed by atoms with Gasteiger partial charge in [-0.15, -0.1) is 0 Å². The van der Waals surface area contributed by atoms with Gasteiger partial charge in [0.25, 0.3) is 0 Å². The fourth-order valence-corrected chi connectivity index (χ4v) is 0.766. The number of ether oxygens (including phenoxy) is 1. The molecule has 0 aliphatic heterocycles. The maximum Gasteiger partial charge on any atom is 0.146 e. The first-order chi connectivity index (χ1) is 5.27. The second-order valence-electron chi connectivity index (χ2n) is 1.97. The molecule has 0 saturated carbocycles. The van der Waals surface area contributed by atoms with Crippen molar-refractivity contribution in [1.82, 2.24) is 0 Å². The molecular weight excluding hydrogens is 144 g/mol. The van der Waals surface area contributed by atoms with Crippen LogP contribution >= 0.6 is 0 Å². The van der Waals surface area contributed by atoms with Gasteiger partial charge in [0.2, 0.25) is 0 Å². The Balaban J connectivity index is 3.16. The zero-order valence-electron chi connectivity index (χ0n) is 6.03. The highest BCUT2D eigenvalue weighted by atomic mass is 16.5. The summed E-state index contributed by atoms with van der Waals surface area (Å²) in [7, 11) is 1.49. The van der Waals surface area contributed by atoms with E-state index in [0.717, 1.165) is 0 Å². The summed E-state index contributed by atoms with van der Waals surface area (Å²) >= 11 is 0. The molecule has 0 bridgehead atoms. The number of aromatic hydroxyl groups is 1. The summed E-state index contributed by atoms with van der Waals surface area (Å²) in [4.78, 5) is 0. The van der Waals surface area contributed by atoms with E-state index < -0.39 is 0 Å². The monoisotopic (exact) mass is 152 g/mol. The number of methoxy groups -OCH3 is 1. The van der Waals surface area contributed by atoms with E-state index in [1.807, 2.05) is 0 Å². The van der Waals surface area contributed by atoms with Crippen LogP contribution < -0.4 is 4.74 Å². The zero-order chi connectivity index (χ0) is 8.27. The molecule has 0 radical (unpaired) electrons. The molecule has 4 heteroatoms. The molecule has 4 nitrogen and oxygen atoms in total. The van der Waals surface area contributed by atoms with E-state index in [4.69, 9.17) is 15.4 Å². The lowest BCUT2D eigenvalue weighted by molar-refractivity contribution is 0.413. The van der Waals surface area contributed by atoms with Crippen LogP contribution in [0.1, 0.15) is 0 Å². The number of nitrogens with one attached hydrogen (secondary N) is 1. The van der Waals surface area contributed by atoms with E-state index in [2.05, 4.69) is 5.11 Å². The molecule has 0 saturated heterocycles. The third-order valence-corrected chi connectivity index (χ3v) is 1.28. The van der Waals surface area contributed by atoms with Gasteiger partial charge in [-0.25, -0.2) is 5.53 Å². The third-order valence-electron chi connectivity index (χ3n) is 1.28. The fourth-order valence-electron chi connectivity index (χ4n) is 0.766. The van der Waals surface area contributed by atoms with E-state index in [1.165, 1.54) is 19.2 Å². The van der Waals surface area contributed by atoms with E-state index >= 15 is 0 Å². The molecule has 58 valence electrons. The molecule has 0 atom stereocenters. The summed E-state index contributed by atoms with van der Waals surface area (Å²) in [5, 5.41) is 12.1. The quantitative estimate of drug-likeness (QED) is 0.637. The van der Waals surface area contributed by atoms with Crippen LogP contribution in [0.15, 0.2) is 23.3 Å². The van der Waals surface area contributed by atoms with Gasteiger partial charge >= 0.3 is 0 Å². The van der Waals surface area contributed by atoms with Crippen LogP contribution in [-0.2, 0) is 0 Å². The van der Waals surface area contributed by atoms with Crippen molar-refractivity contribution in [3.8, 4) is 11.5 Å². The molecule has 11 heavy (non-hydrogen) atoms. The SMILES string of the molecule is COc1ccc(O)cc1N=N. The molecule has 1 aromatic carbocycles. The molecule has 1 rings (SSSR count). The first kappa shape index (κ1) is 7.53. The first-order valence-electron chi connectivity index (χ1n) is 3.02. The van der Waals surface area contributed by atoms with Gasteiger partial charge in [-0.3, -0.25) is 0 Å². The second kappa shape index (κ2) is 3.01. The Morgan fingerprint density at radius 1 is 1.55 bits per heavy atom. The van der Waals surface area contributed by atoms with Gasteiger partial charge in [-0.1, -0.05) is 0 Å². The summed E-state index contributed by atoms with van der Waals surface area (Å²) < 4.78 is 4.87. The van der Waals surface area contributed by atoms with Crippen LogP contribution in [-0.4, -0.2) is 12.2 Å². The highest BCUT2D eigenvalue weighted by molar-refractivity contribution is 5.54. The highest BCUT2D eigenvalue weighted by Gasteiger charge is 2.00. The molecule has 0 unspecified atom stereocenters. The molecule has 0 spiro atoms. The summed E-state index contributed by atoms with van der Waals surface area (Å²) in [5.74, 6) is 0.564. The Bertz CT molecular complexity index is 273.